The molecule has 0 N–H and O–H groups in total. The maximum Gasteiger partial charge on any atom is 0.351 e. The van der Waals surface area contributed by atoms with E-state index < -0.39 is 0 Å². The average Bonchev–Trinajstić information content (AvgIpc) is 2.95. The zero-order chi connectivity index (χ0) is 15.2. The highest BCUT2D eigenvalue weighted by molar-refractivity contribution is 8.00. The predicted octanol–water partition coefficient (Wildman–Crippen LogP) is 1.71. The Hall–Kier alpha value is -1.05. The molecule has 0 radical (unpaired) electrons. The summed E-state index contributed by atoms with van der Waals surface area (Å²) in [6.07, 6.45) is 1.52. The van der Waals surface area contributed by atoms with Crippen molar-refractivity contribution in [2.75, 3.05) is 37.0 Å². The van der Waals surface area contributed by atoms with Gasteiger partial charge in [-0.1, -0.05) is 0 Å². The summed E-state index contributed by atoms with van der Waals surface area (Å²) in [5.74, 6) is 1.46. The summed E-state index contributed by atoms with van der Waals surface area (Å²) < 4.78 is 12.7. The zero-order valence-corrected chi connectivity index (χ0v) is 13.6. The highest BCUT2D eigenvalue weighted by Crippen LogP contribution is 2.31. The van der Waals surface area contributed by atoms with E-state index in [0.29, 0.717) is 13.2 Å². The molecular formula is C14H23N3O3S. The summed E-state index contributed by atoms with van der Waals surface area (Å²) in [4.78, 5) is 18.4. The summed E-state index contributed by atoms with van der Waals surface area (Å²) in [6.45, 7) is 8.94. The normalized spacial score (nSPS) is 21.7. The van der Waals surface area contributed by atoms with Gasteiger partial charge in [-0.05, 0) is 26.8 Å². The fourth-order valence-corrected chi connectivity index (χ4v) is 3.26. The quantitative estimate of drug-likeness (QED) is 0.764. The molecule has 1 saturated heterocycles. The Kier molecular flexibility index (Phi) is 6.08. The summed E-state index contributed by atoms with van der Waals surface area (Å²) in [6, 6.07) is 1.87. The molecule has 2 unspecified atom stereocenters. The fraction of sp³-hybridized carbons (Fsp3) is 0.714. The van der Waals surface area contributed by atoms with Crippen molar-refractivity contribution in [2.24, 2.45) is 0 Å². The van der Waals surface area contributed by atoms with E-state index in [-0.39, 0.29) is 17.4 Å². The molecule has 1 aromatic rings. The van der Waals surface area contributed by atoms with E-state index in [0.717, 1.165) is 24.7 Å². The Morgan fingerprint density at radius 1 is 1.48 bits per heavy atom. The Bertz CT molecular complexity index is 504. The topological polar surface area (TPSA) is 56.6 Å². The van der Waals surface area contributed by atoms with Crippen LogP contribution in [0.4, 0.5) is 5.82 Å². The molecule has 0 saturated carbocycles. The van der Waals surface area contributed by atoms with Gasteiger partial charge in [0.2, 0.25) is 0 Å². The van der Waals surface area contributed by atoms with Gasteiger partial charge in [0.15, 0.2) is 0 Å². The lowest BCUT2D eigenvalue weighted by atomic mass is 10.4. The van der Waals surface area contributed by atoms with Crippen molar-refractivity contribution in [3.63, 3.8) is 0 Å². The van der Waals surface area contributed by atoms with Gasteiger partial charge in [-0.2, -0.15) is 4.98 Å². The maximum absolute atomic E-state index is 12.2. The molecule has 1 aliphatic heterocycles. The van der Waals surface area contributed by atoms with Crippen LogP contribution in [-0.2, 0) is 9.47 Å². The molecule has 2 heterocycles. The standard InChI is InChI=1S/C14H23N3O3S/c1-4-16(5-2)11-7-8-17(14(18)15-11)12-10-21-13(20-12)9-19-6-3/h7-8,12-13H,4-6,9-10H2,1-3H3. The minimum atomic E-state index is -0.262. The van der Waals surface area contributed by atoms with E-state index in [2.05, 4.69) is 4.98 Å². The highest BCUT2D eigenvalue weighted by atomic mass is 32.2. The Balaban J connectivity index is 2.06. The molecule has 118 valence electrons. The van der Waals surface area contributed by atoms with Crippen LogP contribution in [-0.4, -0.2) is 47.0 Å². The lowest BCUT2D eigenvalue weighted by Crippen LogP contribution is -2.32. The molecule has 2 atom stereocenters. The summed E-state index contributed by atoms with van der Waals surface area (Å²) >= 11 is 1.67. The number of hydrogen-bond donors (Lipinski definition) is 0. The van der Waals surface area contributed by atoms with Gasteiger partial charge < -0.3 is 14.4 Å². The Morgan fingerprint density at radius 3 is 2.86 bits per heavy atom. The lowest BCUT2D eigenvalue weighted by Gasteiger charge is -2.20. The summed E-state index contributed by atoms with van der Waals surface area (Å²) in [7, 11) is 0. The van der Waals surface area contributed by atoms with Crippen LogP contribution in [0.2, 0.25) is 0 Å². The second-order valence-electron chi connectivity index (χ2n) is 4.66. The Labute approximate surface area is 129 Å². The van der Waals surface area contributed by atoms with Crippen molar-refractivity contribution in [3.05, 3.63) is 22.7 Å². The van der Waals surface area contributed by atoms with Gasteiger partial charge in [0, 0.05) is 31.6 Å². The molecule has 0 aliphatic carbocycles. The Morgan fingerprint density at radius 2 is 2.24 bits per heavy atom. The molecule has 0 spiro atoms. The number of ether oxygens (including phenoxy) is 2. The third kappa shape index (κ3) is 3.99. The molecule has 1 fully saturated rings. The van der Waals surface area contributed by atoms with Crippen LogP contribution < -0.4 is 10.6 Å². The van der Waals surface area contributed by atoms with Crippen LogP contribution >= 0.6 is 11.8 Å². The third-order valence-corrected chi connectivity index (χ3v) is 4.50. The maximum atomic E-state index is 12.2. The van der Waals surface area contributed by atoms with E-state index in [1.165, 1.54) is 0 Å². The van der Waals surface area contributed by atoms with E-state index in [4.69, 9.17) is 9.47 Å². The van der Waals surface area contributed by atoms with E-state index >= 15 is 0 Å². The number of aromatic nitrogens is 2. The van der Waals surface area contributed by atoms with Gasteiger partial charge in [0.05, 0.1) is 6.61 Å². The zero-order valence-electron chi connectivity index (χ0n) is 12.8. The molecule has 1 aromatic heterocycles. The van der Waals surface area contributed by atoms with Gasteiger partial charge >= 0.3 is 5.69 Å². The van der Waals surface area contributed by atoms with Crippen LogP contribution in [0.3, 0.4) is 0 Å². The monoisotopic (exact) mass is 313 g/mol. The van der Waals surface area contributed by atoms with Crippen LogP contribution in [0.15, 0.2) is 17.1 Å². The first-order valence-corrected chi connectivity index (χ1v) is 8.43. The molecule has 0 amide bonds. The molecule has 2 rings (SSSR count). The van der Waals surface area contributed by atoms with Crippen LogP contribution in [0, 0.1) is 0 Å². The average molecular weight is 313 g/mol. The van der Waals surface area contributed by atoms with E-state index in [1.807, 2.05) is 31.7 Å². The van der Waals surface area contributed by atoms with Gasteiger partial charge in [-0.3, -0.25) is 4.57 Å². The van der Waals surface area contributed by atoms with Gasteiger partial charge in [-0.15, -0.1) is 11.8 Å². The van der Waals surface area contributed by atoms with Crippen LogP contribution in [0.25, 0.3) is 0 Å². The molecule has 6 nitrogen and oxygen atoms in total. The van der Waals surface area contributed by atoms with Crippen molar-refractivity contribution >= 4 is 17.6 Å². The first kappa shape index (κ1) is 16.3. The third-order valence-electron chi connectivity index (χ3n) is 3.40. The van der Waals surface area contributed by atoms with Crippen molar-refractivity contribution in [1.82, 2.24) is 9.55 Å². The smallest absolute Gasteiger partial charge is 0.351 e. The second-order valence-corrected chi connectivity index (χ2v) is 5.85. The van der Waals surface area contributed by atoms with Gasteiger partial charge in [-0.25, -0.2) is 4.79 Å². The highest BCUT2D eigenvalue weighted by Gasteiger charge is 2.28. The van der Waals surface area contributed by atoms with Gasteiger partial charge in [0.25, 0.3) is 0 Å². The lowest BCUT2D eigenvalue weighted by molar-refractivity contribution is -0.0226. The number of rotatable bonds is 7. The SMILES string of the molecule is CCOCC1OC(n2ccc(N(CC)CC)nc2=O)CS1. The van der Waals surface area contributed by atoms with Crippen LogP contribution in [0.5, 0.6) is 0 Å². The van der Waals surface area contributed by atoms with Crippen molar-refractivity contribution in [1.29, 1.82) is 0 Å². The minimum absolute atomic E-state index is 0.00990. The molecule has 21 heavy (non-hydrogen) atoms. The number of hydrogen-bond acceptors (Lipinski definition) is 6. The molecule has 0 bridgehead atoms. The van der Waals surface area contributed by atoms with Crippen molar-refractivity contribution < 1.29 is 9.47 Å². The minimum Gasteiger partial charge on any atom is -0.378 e. The van der Waals surface area contributed by atoms with Crippen molar-refractivity contribution in [3.8, 4) is 0 Å². The molecular weight excluding hydrogens is 290 g/mol. The van der Waals surface area contributed by atoms with E-state index in [9.17, 15) is 4.79 Å². The first-order chi connectivity index (χ1) is 10.2. The number of anilines is 1. The van der Waals surface area contributed by atoms with E-state index in [1.54, 1.807) is 22.5 Å². The van der Waals surface area contributed by atoms with Gasteiger partial charge in [0.1, 0.15) is 17.5 Å². The summed E-state index contributed by atoms with van der Waals surface area (Å²) in [5.41, 5.74) is -0.272. The first-order valence-electron chi connectivity index (χ1n) is 7.38. The molecule has 0 aromatic carbocycles. The second kappa shape index (κ2) is 7.82. The molecule has 7 heteroatoms. The number of nitrogens with zero attached hydrogens (tertiary/aromatic N) is 3. The summed E-state index contributed by atoms with van der Waals surface area (Å²) in [5, 5.41) is 0. The van der Waals surface area contributed by atoms with Crippen LogP contribution in [0.1, 0.15) is 27.0 Å². The number of thioether (sulfide) groups is 1. The largest absolute Gasteiger partial charge is 0.378 e. The fourth-order valence-electron chi connectivity index (χ4n) is 2.24. The molecule has 1 aliphatic rings. The predicted molar refractivity (Wildman–Crippen MR) is 84.9 cm³/mol. The van der Waals surface area contributed by atoms with Crippen molar-refractivity contribution in [2.45, 2.75) is 32.4 Å².